The highest BCUT2D eigenvalue weighted by Gasteiger charge is 2.10. The Labute approximate surface area is 124 Å². The number of aromatic nitrogens is 2. The van der Waals surface area contributed by atoms with Gasteiger partial charge in [0.15, 0.2) is 4.96 Å². The first-order chi connectivity index (χ1) is 10.1. The van der Waals surface area contributed by atoms with E-state index < -0.39 is 0 Å². The highest BCUT2D eigenvalue weighted by molar-refractivity contribution is 7.15. The average Bonchev–Trinajstić information content (AvgIpc) is 2.94. The van der Waals surface area contributed by atoms with Crippen LogP contribution in [-0.2, 0) is 6.54 Å². The summed E-state index contributed by atoms with van der Waals surface area (Å²) in [6.07, 6.45) is 1.70. The molecule has 108 valence electrons. The van der Waals surface area contributed by atoms with Crippen LogP contribution in [0.3, 0.4) is 0 Å². The van der Waals surface area contributed by atoms with Crippen LogP contribution < -0.4 is 10.9 Å². The molecule has 0 radical (unpaired) electrons. The Morgan fingerprint density at radius 2 is 2.24 bits per heavy atom. The van der Waals surface area contributed by atoms with Gasteiger partial charge in [-0.05, 0) is 13.0 Å². The normalized spacial score (nSPS) is 12.7. The van der Waals surface area contributed by atoms with Crippen LogP contribution in [-0.4, -0.2) is 9.38 Å². The van der Waals surface area contributed by atoms with Gasteiger partial charge in [0, 0.05) is 35.8 Å². The Hall–Kier alpha value is -2.05. The lowest BCUT2D eigenvalue weighted by molar-refractivity contribution is 0.524. The smallest absolute Gasteiger partial charge is 0.258 e. The van der Waals surface area contributed by atoms with E-state index in [-0.39, 0.29) is 17.4 Å². The summed E-state index contributed by atoms with van der Waals surface area (Å²) in [5.41, 5.74) is 1.16. The monoisotopic (exact) mass is 303 g/mol. The molecule has 21 heavy (non-hydrogen) atoms. The van der Waals surface area contributed by atoms with Crippen molar-refractivity contribution in [2.45, 2.75) is 19.5 Å². The summed E-state index contributed by atoms with van der Waals surface area (Å²) in [4.78, 5) is 16.9. The number of nitrogens with one attached hydrogen (secondary N) is 1. The van der Waals surface area contributed by atoms with Crippen molar-refractivity contribution in [3.63, 3.8) is 0 Å². The van der Waals surface area contributed by atoms with E-state index in [1.807, 2.05) is 12.3 Å². The Morgan fingerprint density at radius 1 is 1.43 bits per heavy atom. The molecular formula is C15H14FN3OS. The van der Waals surface area contributed by atoms with Crippen molar-refractivity contribution in [2.24, 2.45) is 0 Å². The molecule has 0 aliphatic carbocycles. The second-order valence-electron chi connectivity index (χ2n) is 4.77. The summed E-state index contributed by atoms with van der Waals surface area (Å²) in [7, 11) is 0. The molecule has 0 aliphatic heterocycles. The second-order valence-corrected chi connectivity index (χ2v) is 5.64. The second kappa shape index (κ2) is 5.75. The van der Waals surface area contributed by atoms with Crippen LogP contribution in [0.15, 0.2) is 46.7 Å². The van der Waals surface area contributed by atoms with Gasteiger partial charge in [-0.3, -0.25) is 9.20 Å². The number of fused-ring (bicyclic) bond motifs is 1. The van der Waals surface area contributed by atoms with Gasteiger partial charge in [-0.25, -0.2) is 9.37 Å². The molecular weight excluding hydrogens is 289 g/mol. The minimum Gasteiger partial charge on any atom is -0.304 e. The van der Waals surface area contributed by atoms with E-state index in [1.165, 1.54) is 27.9 Å². The molecule has 2 aromatic heterocycles. The molecule has 1 N–H and O–H groups in total. The van der Waals surface area contributed by atoms with E-state index in [4.69, 9.17) is 0 Å². The lowest BCUT2D eigenvalue weighted by atomic mass is 10.1. The molecule has 1 aromatic carbocycles. The molecule has 0 fully saturated rings. The number of benzene rings is 1. The zero-order valence-corrected chi connectivity index (χ0v) is 12.2. The third-order valence-corrected chi connectivity index (χ3v) is 4.07. The van der Waals surface area contributed by atoms with Gasteiger partial charge >= 0.3 is 0 Å². The third-order valence-electron chi connectivity index (χ3n) is 3.32. The predicted molar refractivity (Wildman–Crippen MR) is 81.0 cm³/mol. The van der Waals surface area contributed by atoms with Gasteiger partial charge in [-0.2, -0.15) is 0 Å². The van der Waals surface area contributed by atoms with E-state index in [9.17, 15) is 9.18 Å². The van der Waals surface area contributed by atoms with Crippen molar-refractivity contribution in [1.29, 1.82) is 0 Å². The number of rotatable bonds is 4. The van der Waals surface area contributed by atoms with Crippen molar-refractivity contribution in [3.8, 4) is 0 Å². The number of hydrogen-bond donors (Lipinski definition) is 1. The number of hydrogen-bond acceptors (Lipinski definition) is 4. The highest BCUT2D eigenvalue weighted by Crippen LogP contribution is 2.16. The molecule has 0 spiro atoms. The van der Waals surface area contributed by atoms with Crippen molar-refractivity contribution >= 4 is 16.3 Å². The van der Waals surface area contributed by atoms with Crippen LogP contribution in [0.5, 0.6) is 0 Å². The maximum absolute atomic E-state index is 13.7. The Morgan fingerprint density at radius 3 is 3.05 bits per heavy atom. The largest absolute Gasteiger partial charge is 0.304 e. The Kier molecular flexibility index (Phi) is 3.81. The Balaban J connectivity index is 1.77. The van der Waals surface area contributed by atoms with Gasteiger partial charge in [0.1, 0.15) is 5.82 Å². The number of nitrogens with zero attached hydrogens (tertiary/aromatic N) is 2. The first-order valence-electron chi connectivity index (χ1n) is 6.59. The zero-order valence-electron chi connectivity index (χ0n) is 11.4. The molecule has 2 heterocycles. The van der Waals surface area contributed by atoms with Gasteiger partial charge < -0.3 is 5.32 Å². The van der Waals surface area contributed by atoms with Crippen LogP contribution in [0.4, 0.5) is 4.39 Å². The fourth-order valence-electron chi connectivity index (χ4n) is 2.17. The first-order valence-corrected chi connectivity index (χ1v) is 7.47. The van der Waals surface area contributed by atoms with Crippen LogP contribution in [0.1, 0.15) is 24.2 Å². The van der Waals surface area contributed by atoms with E-state index in [2.05, 4.69) is 10.3 Å². The minimum absolute atomic E-state index is 0.100. The van der Waals surface area contributed by atoms with Crippen molar-refractivity contribution in [1.82, 2.24) is 14.7 Å². The topological polar surface area (TPSA) is 46.4 Å². The molecule has 3 rings (SSSR count). The lowest BCUT2D eigenvalue weighted by Gasteiger charge is -2.14. The van der Waals surface area contributed by atoms with E-state index in [0.29, 0.717) is 22.8 Å². The molecule has 4 nitrogen and oxygen atoms in total. The molecule has 0 aliphatic rings. The van der Waals surface area contributed by atoms with E-state index in [1.54, 1.807) is 24.4 Å². The summed E-state index contributed by atoms with van der Waals surface area (Å²) in [5.74, 6) is -0.237. The summed E-state index contributed by atoms with van der Waals surface area (Å²) >= 11 is 1.41. The van der Waals surface area contributed by atoms with E-state index in [0.717, 1.165) is 0 Å². The Bertz CT molecular complexity index is 827. The minimum atomic E-state index is -0.237. The molecule has 6 heteroatoms. The quantitative estimate of drug-likeness (QED) is 0.806. The molecule has 0 saturated heterocycles. The number of thiazole rings is 1. The summed E-state index contributed by atoms with van der Waals surface area (Å²) in [5, 5.41) is 5.02. The molecule has 0 amide bonds. The van der Waals surface area contributed by atoms with E-state index >= 15 is 0 Å². The van der Waals surface area contributed by atoms with Gasteiger partial charge in [-0.15, -0.1) is 11.3 Å². The van der Waals surface area contributed by atoms with Crippen LogP contribution in [0.25, 0.3) is 4.96 Å². The lowest BCUT2D eigenvalue weighted by Crippen LogP contribution is -2.22. The van der Waals surface area contributed by atoms with Crippen LogP contribution in [0, 0.1) is 5.82 Å². The predicted octanol–water partition coefficient (Wildman–Crippen LogP) is 2.75. The number of halogens is 1. The standard InChI is InChI=1S/C15H14FN3OS/c1-10(12-4-2-3-5-13(12)16)17-9-11-8-14(20)19-6-7-21-15(19)18-11/h2-8,10,17H,9H2,1H3. The van der Waals surface area contributed by atoms with Crippen molar-refractivity contribution in [3.05, 3.63) is 69.3 Å². The summed E-state index contributed by atoms with van der Waals surface area (Å²) in [6.45, 7) is 2.30. The summed E-state index contributed by atoms with van der Waals surface area (Å²) in [6, 6.07) is 8.00. The molecule has 1 atom stereocenters. The molecule has 0 bridgehead atoms. The maximum Gasteiger partial charge on any atom is 0.258 e. The average molecular weight is 303 g/mol. The van der Waals surface area contributed by atoms with Crippen LogP contribution in [0.2, 0.25) is 0 Å². The van der Waals surface area contributed by atoms with Gasteiger partial charge in [0.25, 0.3) is 5.56 Å². The zero-order chi connectivity index (χ0) is 14.8. The molecule has 3 aromatic rings. The molecule has 0 saturated carbocycles. The van der Waals surface area contributed by atoms with Gasteiger partial charge in [0.2, 0.25) is 0 Å². The van der Waals surface area contributed by atoms with Crippen molar-refractivity contribution in [2.75, 3.05) is 0 Å². The fraction of sp³-hybridized carbons (Fsp3) is 0.200. The van der Waals surface area contributed by atoms with Gasteiger partial charge in [-0.1, -0.05) is 18.2 Å². The SMILES string of the molecule is CC(NCc1cc(=O)n2ccsc2n1)c1ccccc1F. The van der Waals surface area contributed by atoms with Crippen molar-refractivity contribution < 1.29 is 4.39 Å². The third kappa shape index (κ3) is 2.86. The maximum atomic E-state index is 13.7. The van der Waals surface area contributed by atoms with Crippen LogP contribution >= 0.6 is 11.3 Å². The highest BCUT2D eigenvalue weighted by atomic mass is 32.1. The molecule has 1 unspecified atom stereocenters. The first kappa shape index (κ1) is 13.9. The van der Waals surface area contributed by atoms with Gasteiger partial charge in [0.05, 0.1) is 5.69 Å². The fourth-order valence-corrected chi connectivity index (χ4v) is 2.91. The summed E-state index contributed by atoms with van der Waals surface area (Å²) < 4.78 is 15.2.